The normalized spacial score (nSPS) is 11.6. The van der Waals surface area contributed by atoms with Crippen LogP contribution in [0.2, 0.25) is 0 Å². The number of nitrogens with one attached hydrogen (secondary N) is 3. The van der Waals surface area contributed by atoms with Crippen molar-refractivity contribution in [1.29, 1.82) is 0 Å². The smallest absolute Gasteiger partial charge is 0.251 e. The SMILES string of the molecule is CNC(=O)[C@H](Cc1c[nH]c2ccccc12)NC(=O)c1ccc(OC)c(-c2cccc(OC)c2)c1. The van der Waals surface area contributed by atoms with E-state index in [9.17, 15) is 9.59 Å². The number of likely N-dealkylation sites (N-methyl/N-ethyl adjacent to an activating group) is 1. The minimum absolute atomic E-state index is 0.264. The minimum atomic E-state index is -0.737. The third-order valence-electron chi connectivity index (χ3n) is 5.81. The van der Waals surface area contributed by atoms with Crippen LogP contribution in [0.1, 0.15) is 15.9 Å². The summed E-state index contributed by atoms with van der Waals surface area (Å²) < 4.78 is 10.8. The summed E-state index contributed by atoms with van der Waals surface area (Å²) in [6.45, 7) is 0. The molecule has 0 spiro atoms. The Morgan fingerprint density at radius 3 is 2.56 bits per heavy atom. The first-order valence-electron chi connectivity index (χ1n) is 10.9. The average molecular weight is 458 g/mol. The topological polar surface area (TPSA) is 92.5 Å². The van der Waals surface area contributed by atoms with Crippen molar-refractivity contribution in [1.82, 2.24) is 15.6 Å². The fourth-order valence-electron chi connectivity index (χ4n) is 4.01. The number of amides is 2. The molecular weight excluding hydrogens is 430 g/mol. The lowest BCUT2D eigenvalue weighted by Crippen LogP contribution is -2.47. The summed E-state index contributed by atoms with van der Waals surface area (Å²) in [5.74, 6) is 0.722. The number of carbonyl (C=O) groups is 2. The third kappa shape index (κ3) is 4.73. The molecule has 0 saturated heterocycles. The van der Waals surface area contributed by atoms with E-state index >= 15 is 0 Å². The number of hydrogen-bond donors (Lipinski definition) is 3. The third-order valence-corrected chi connectivity index (χ3v) is 5.81. The second-order valence-corrected chi connectivity index (χ2v) is 7.85. The van der Waals surface area contributed by atoms with Crippen molar-refractivity contribution in [2.24, 2.45) is 0 Å². The van der Waals surface area contributed by atoms with Gasteiger partial charge in [0.05, 0.1) is 14.2 Å². The largest absolute Gasteiger partial charge is 0.497 e. The molecule has 0 aliphatic heterocycles. The molecule has 174 valence electrons. The van der Waals surface area contributed by atoms with Crippen LogP contribution >= 0.6 is 0 Å². The van der Waals surface area contributed by atoms with Crippen LogP contribution in [0.15, 0.2) is 72.9 Å². The maximum atomic E-state index is 13.2. The first-order valence-corrected chi connectivity index (χ1v) is 10.9. The molecule has 34 heavy (non-hydrogen) atoms. The first-order chi connectivity index (χ1) is 16.5. The summed E-state index contributed by atoms with van der Waals surface area (Å²) in [5, 5.41) is 6.57. The summed E-state index contributed by atoms with van der Waals surface area (Å²) in [6, 6.07) is 19.9. The number of rotatable bonds is 8. The van der Waals surface area contributed by atoms with Gasteiger partial charge in [-0.2, -0.15) is 0 Å². The van der Waals surface area contributed by atoms with Gasteiger partial charge in [0.2, 0.25) is 5.91 Å². The lowest BCUT2D eigenvalue weighted by Gasteiger charge is -2.18. The van der Waals surface area contributed by atoms with E-state index in [1.807, 2.05) is 54.7 Å². The molecule has 0 bridgehead atoms. The Morgan fingerprint density at radius 2 is 1.79 bits per heavy atom. The van der Waals surface area contributed by atoms with Gasteiger partial charge in [0.25, 0.3) is 5.91 Å². The number of aromatic nitrogens is 1. The van der Waals surface area contributed by atoms with E-state index in [-0.39, 0.29) is 11.8 Å². The Morgan fingerprint density at radius 1 is 0.971 bits per heavy atom. The van der Waals surface area contributed by atoms with E-state index in [2.05, 4.69) is 15.6 Å². The van der Waals surface area contributed by atoms with Crippen molar-refractivity contribution in [3.05, 3.63) is 84.1 Å². The number of para-hydroxylation sites is 1. The Kier molecular flexibility index (Phi) is 6.82. The monoisotopic (exact) mass is 457 g/mol. The molecule has 7 heteroatoms. The molecule has 0 radical (unpaired) electrons. The number of methoxy groups -OCH3 is 2. The standard InChI is InChI=1S/C27H27N3O4/c1-28-27(32)24(15-19-16-29-23-10-5-4-9-21(19)23)30-26(31)18-11-12-25(34-3)22(14-18)17-7-6-8-20(13-17)33-2/h4-14,16,24,29H,15H2,1-3H3,(H,28,32)(H,30,31)/t24-/m0/s1. The van der Waals surface area contributed by atoms with Crippen molar-refractivity contribution in [2.75, 3.05) is 21.3 Å². The second-order valence-electron chi connectivity index (χ2n) is 7.85. The van der Waals surface area contributed by atoms with Crippen LogP contribution in [0, 0.1) is 0 Å². The lowest BCUT2D eigenvalue weighted by atomic mass is 10.00. The van der Waals surface area contributed by atoms with Gasteiger partial charge in [-0.1, -0.05) is 30.3 Å². The van der Waals surface area contributed by atoms with E-state index < -0.39 is 6.04 Å². The minimum Gasteiger partial charge on any atom is -0.497 e. The highest BCUT2D eigenvalue weighted by Gasteiger charge is 2.23. The van der Waals surface area contributed by atoms with E-state index in [4.69, 9.17) is 9.47 Å². The lowest BCUT2D eigenvalue weighted by molar-refractivity contribution is -0.122. The quantitative estimate of drug-likeness (QED) is 0.374. The fraction of sp³-hybridized carbons (Fsp3) is 0.185. The highest BCUT2D eigenvalue weighted by molar-refractivity contribution is 5.99. The molecule has 3 aromatic carbocycles. The Labute approximate surface area is 198 Å². The fourth-order valence-corrected chi connectivity index (χ4v) is 4.01. The van der Waals surface area contributed by atoms with E-state index in [0.717, 1.165) is 27.6 Å². The van der Waals surface area contributed by atoms with Gasteiger partial charge in [0.15, 0.2) is 0 Å². The van der Waals surface area contributed by atoms with Gasteiger partial charge < -0.3 is 25.1 Å². The highest BCUT2D eigenvalue weighted by Crippen LogP contribution is 2.33. The molecule has 0 fully saturated rings. The van der Waals surface area contributed by atoms with Crippen LogP contribution < -0.4 is 20.1 Å². The van der Waals surface area contributed by atoms with Crippen molar-refractivity contribution < 1.29 is 19.1 Å². The molecule has 1 atom stereocenters. The van der Waals surface area contributed by atoms with Crippen LogP contribution in [-0.2, 0) is 11.2 Å². The Bertz CT molecular complexity index is 1330. The van der Waals surface area contributed by atoms with E-state index in [1.54, 1.807) is 39.5 Å². The first kappa shape index (κ1) is 22.9. The number of carbonyl (C=O) groups excluding carboxylic acids is 2. The zero-order valence-electron chi connectivity index (χ0n) is 19.3. The molecule has 1 aromatic heterocycles. The molecule has 4 rings (SSSR count). The Hall–Kier alpha value is -4.26. The average Bonchev–Trinajstić information content (AvgIpc) is 3.30. The van der Waals surface area contributed by atoms with E-state index in [1.165, 1.54) is 0 Å². The van der Waals surface area contributed by atoms with Crippen LogP contribution in [0.4, 0.5) is 0 Å². The number of fused-ring (bicyclic) bond motifs is 1. The molecule has 0 unspecified atom stereocenters. The van der Waals surface area contributed by atoms with Gasteiger partial charge in [-0.05, 0) is 47.5 Å². The summed E-state index contributed by atoms with van der Waals surface area (Å²) in [7, 11) is 4.75. The summed E-state index contributed by atoms with van der Waals surface area (Å²) in [4.78, 5) is 29.1. The Balaban J connectivity index is 1.62. The predicted molar refractivity (Wildman–Crippen MR) is 132 cm³/mol. The summed E-state index contributed by atoms with van der Waals surface area (Å²) >= 11 is 0. The maximum Gasteiger partial charge on any atom is 0.251 e. The molecule has 2 amide bonds. The van der Waals surface area contributed by atoms with Gasteiger partial charge in [-0.15, -0.1) is 0 Å². The van der Waals surface area contributed by atoms with Crippen LogP contribution in [0.3, 0.4) is 0 Å². The number of hydrogen-bond acceptors (Lipinski definition) is 4. The highest BCUT2D eigenvalue weighted by atomic mass is 16.5. The number of ether oxygens (including phenoxy) is 2. The van der Waals surface area contributed by atoms with Crippen molar-refractivity contribution >= 4 is 22.7 Å². The molecule has 0 aliphatic carbocycles. The maximum absolute atomic E-state index is 13.2. The van der Waals surface area contributed by atoms with E-state index in [0.29, 0.717) is 23.5 Å². The molecular formula is C27H27N3O4. The van der Waals surface area contributed by atoms with Crippen LogP contribution in [0.25, 0.3) is 22.0 Å². The van der Waals surface area contributed by atoms with Crippen LogP contribution in [0.5, 0.6) is 11.5 Å². The molecule has 3 N–H and O–H groups in total. The van der Waals surface area contributed by atoms with Gasteiger partial charge in [0.1, 0.15) is 17.5 Å². The number of benzene rings is 3. The van der Waals surface area contributed by atoms with Crippen LogP contribution in [-0.4, -0.2) is 44.1 Å². The number of aromatic amines is 1. The summed E-state index contributed by atoms with van der Waals surface area (Å²) in [6.07, 6.45) is 2.23. The van der Waals surface area contributed by atoms with Gasteiger partial charge in [-0.3, -0.25) is 9.59 Å². The van der Waals surface area contributed by atoms with Crippen molar-refractivity contribution in [2.45, 2.75) is 12.5 Å². The van der Waals surface area contributed by atoms with Crippen molar-refractivity contribution in [3.63, 3.8) is 0 Å². The van der Waals surface area contributed by atoms with Gasteiger partial charge in [0, 0.05) is 41.7 Å². The molecule has 0 saturated carbocycles. The second kappa shape index (κ2) is 10.1. The number of H-pyrrole nitrogens is 1. The van der Waals surface area contributed by atoms with Gasteiger partial charge in [-0.25, -0.2) is 0 Å². The summed E-state index contributed by atoms with van der Waals surface area (Å²) in [5.41, 5.74) is 3.97. The molecule has 4 aromatic rings. The zero-order chi connectivity index (χ0) is 24.1. The predicted octanol–water partition coefficient (Wildman–Crippen LogP) is 3.94. The molecule has 0 aliphatic rings. The molecule has 1 heterocycles. The zero-order valence-corrected chi connectivity index (χ0v) is 19.3. The molecule has 7 nitrogen and oxygen atoms in total. The van der Waals surface area contributed by atoms with Crippen molar-refractivity contribution in [3.8, 4) is 22.6 Å². The van der Waals surface area contributed by atoms with Gasteiger partial charge >= 0.3 is 0 Å².